The number of rotatable bonds is 3. The highest BCUT2D eigenvalue weighted by molar-refractivity contribution is 5.90. The van der Waals surface area contributed by atoms with E-state index in [4.69, 9.17) is 4.74 Å². The molecule has 0 unspecified atom stereocenters. The van der Waals surface area contributed by atoms with Crippen LogP contribution >= 0.6 is 0 Å². The SMILES string of the molecule is CC(C)(C)OC(=O)c1cccc(C=CC=O)c1. The summed E-state index contributed by atoms with van der Waals surface area (Å²) >= 11 is 0. The van der Waals surface area contributed by atoms with Crippen molar-refractivity contribution in [3.05, 3.63) is 41.5 Å². The minimum absolute atomic E-state index is 0.362. The van der Waals surface area contributed by atoms with Crippen molar-refractivity contribution in [3.63, 3.8) is 0 Å². The van der Waals surface area contributed by atoms with Crippen molar-refractivity contribution in [2.75, 3.05) is 0 Å². The molecule has 0 aliphatic carbocycles. The van der Waals surface area contributed by atoms with Crippen LogP contribution in [0.15, 0.2) is 30.3 Å². The van der Waals surface area contributed by atoms with E-state index in [0.717, 1.165) is 5.56 Å². The average Bonchev–Trinajstić information content (AvgIpc) is 2.24. The van der Waals surface area contributed by atoms with Gasteiger partial charge in [0.05, 0.1) is 5.56 Å². The second-order valence-electron chi connectivity index (χ2n) is 4.62. The van der Waals surface area contributed by atoms with E-state index >= 15 is 0 Å². The molecule has 90 valence electrons. The quantitative estimate of drug-likeness (QED) is 0.457. The Bertz CT molecular complexity index is 439. The van der Waals surface area contributed by atoms with Crippen LogP contribution < -0.4 is 0 Å². The maximum Gasteiger partial charge on any atom is 0.338 e. The van der Waals surface area contributed by atoms with Crippen LogP contribution in [0.25, 0.3) is 6.08 Å². The predicted octanol–water partition coefficient (Wildman–Crippen LogP) is 2.85. The molecule has 0 heterocycles. The molecule has 0 N–H and O–H groups in total. The zero-order chi connectivity index (χ0) is 12.9. The van der Waals surface area contributed by atoms with Crippen LogP contribution in [0.4, 0.5) is 0 Å². The molecule has 0 radical (unpaired) electrons. The van der Waals surface area contributed by atoms with E-state index in [1.54, 1.807) is 24.3 Å². The lowest BCUT2D eigenvalue weighted by Gasteiger charge is -2.19. The molecule has 0 fully saturated rings. The molecular formula is C14H16O3. The fourth-order valence-corrected chi connectivity index (χ4v) is 1.26. The van der Waals surface area contributed by atoms with Crippen molar-refractivity contribution in [2.24, 2.45) is 0 Å². The zero-order valence-electron chi connectivity index (χ0n) is 10.3. The maximum absolute atomic E-state index is 11.8. The summed E-state index contributed by atoms with van der Waals surface area (Å²) in [5.41, 5.74) is 0.763. The molecule has 0 saturated carbocycles. The van der Waals surface area contributed by atoms with Crippen LogP contribution in [-0.4, -0.2) is 17.9 Å². The van der Waals surface area contributed by atoms with Gasteiger partial charge in [0.15, 0.2) is 0 Å². The van der Waals surface area contributed by atoms with Crippen LogP contribution in [0.3, 0.4) is 0 Å². The number of ether oxygens (including phenoxy) is 1. The van der Waals surface area contributed by atoms with Crippen molar-refractivity contribution in [1.82, 2.24) is 0 Å². The summed E-state index contributed by atoms with van der Waals surface area (Å²) in [5.74, 6) is -0.362. The summed E-state index contributed by atoms with van der Waals surface area (Å²) in [6.45, 7) is 5.46. The largest absolute Gasteiger partial charge is 0.456 e. The monoisotopic (exact) mass is 232 g/mol. The molecule has 17 heavy (non-hydrogen) atoms. The minimum Gasteiger partial charge on any atom is -0.456 e. The third kappa shape index (κ3) is 4.64. The van der Waals surface area contributed by atoms with Crippen LogP contribution in [0.2, 0.25) is 0 Å². The van der Waals surface area contributed by atoms with E-state index in [-0.39, 0.29) is 5.97 Å². The highest BCUT2D eigenvalue weighted by atomic mass is 16.6. The summed E-state index contributed by atoms with van der Waals surface area (Å²) in [7, 11) is 0. The van der Waals surface area contributed by atoms with Gasteiger partial charge >= 0.3 is 5.97 Å². The Morgan fingerprint density at radius 2 is 2.00 bits per heavy atom. The Morgan fingerprint density at radius 1 is 1.29 bits per heavy atom. The lowest BCUT2D eigenvalue weighted by Crippen LogP contribution is -2.23. The molecular weight excluding hydrogens is 216 g/mol. The number of benzene rings is 1. The second-order valence-corrected chi connectivity index (χ2v) is 4.62. The molecule has 0 amide bonds. The number of hydrogen-bond acceptors (Lipinski definition) is 3. The first kappa shape index (κ1) is 13.2. The first-order valence-electron chi connectivity index (χ1n) is 5.37. The smallest absolute Gasteiger partial charge is 0.338 e. The van der Waals surface area contributed by atoms with Crippen LogP contribution in [0.1, 0.15) is 36.7 Å². The normalized spacial score (nSPS) is 11.5. The maximum atomic E-state index is 11.8. The van der Waals surface area contributed by atoms with Crippen molar-refractivity contribution in [1.29, 1.82) is 0 Å². The number of esters is 1. The molecule has 0 aromatic heterocycles. The topological polar surface area (TPSA) is 43.4 Å². The Labute approximate surface area is 101 Å². The molecule has 1 aromatic carbocycles. The Kier molecular flexibility index (Phi) is 4.21. The van der Waals surface area contributed by atoms with Crippen LogP contribution in [-0.2, 0) is 9.53 Å². The summed E-state index contributed by atoms with van der Waals surface area (Å²) in [4.78, 5) is 22.0. The standard InChI is InChI=1S/C14H16O3/c1-14(2,3)17-13(16)12-8-4-6-11(10-12)7-5-9-15/h4-10H,1-3H3. The molecule has 3 nitrogen and oxygen atoms in total. The summed E-state index contributed by atoms with van der Waals surface area (Å²) in [6.07, 6.45) is 3.72. The fourth-order valence-electron chi connectivity index (χ4n) is 1.26. The number of aldehydes is 1. The number of allylic oxidation sites excluding steroid dienone is 1. The van der Waals surface area contributed by atoms with E-state index in [0.29, 0.717) is 11.8 Å². The first-order chi connectivity index (χ1) is 7.92. The summed E-state index contributed by atoms with van der Waals surface area (Å²) in [6, 6.07) is 6.94. The van der Waals surface area contributed by atoms with Gasteiger partial charge in [0.25, 0.3) is 0 Å². The number of carbonyl (C=O) groups excluding carboxylic acids is 2. The van der Waals surface area contributed by atoms with Gasteiger partial charge in [-0.2, -0.15) is 0 Å². The number of hydrogen-bond donors (Lipinski definition) is 0. The van der Waals surface area contributed by atoms with Gasteiger partial charge in [-0.05, 0) is 44.5 Å². The lowest BCUT2D eigenvalue weighted by atomic mass is 10.1. The van der Waals surface area contributed by atoms with E-state index in [9.17, 15) is 9.59 Å². The molecule has 0 bridgehead atoms. The Balaban J connectivity index is 2.88. The molecule has 0 aliphatic rings. The molecule has 0 atom stereocenters. The number of carbonyl (C=O) groups is 2. The molecule has 0 aliphatic heterocycles. The summed E-state index contributed by atoms with van der Waals surface area (Å²) in [5, 5.41) is 0. The van der Waals surface area contributed by atoms with Gasteiger partial charge in [-0.1, -0.05) is 18.2 Å². The van der Waals surface area contributed by atoms with Crippen molar-refractivity contribution in [2.45, 2.75) is 26.4 Å². The Morgan fingerprint density at radius 3 is 2.59 bits per heavy atom. The molecule has 1 rings (SSSR count). The lowest BCUT2D eigenvalue weighted by molar-refractivity contribution is -0.104. The molecule has 0 saturated heterocycles. The van der Waals surface area contributed by atoms with Crippen LogP contribution in [0, 0.1) is 0 Å². The van der Waals surface area contributed by atoms with Gasteiger partial charge in [0.2, 0.25) is 0 Å². The zero-order valence-corrected chi connectivity index (χ0v) is 10.3. The highest BCUT2D eigenvalue weighted by Gasteiger charge is 2.17. The Hall–Kier alpha value is -1.90. The van der Waals surface area contributed by atoms with Gasteiger partial charge in [0, 0.05) is 0 Å². The van der Waals surface area contributed by atoms with Gasteiger partial charge < -0.3 is 4.74 Å². The van der Waals surface area contributed by atoms with Crippen LogP contribution in [0.5, 0.6) is 0 Å². The predicted molar refractivity (Wildman–Crippen MR) is 66.7 cm³/mol. The third-order valence-electron chi connectivity index (χ3n) is 1.89. The van der Waals surface area contributed by atoms with E-state index in [2.05, 4.69) is 0 Å². The minimum atomic E-state index is -0.508. The van der Waals surface area contributed by atoms with Gasteiger partial charge in [-0.15, -0.1) is 0 Å². The summed E-state index contributed by atoms with van der Waals surface area (Å²) < 4.78 is 5.25. The molecule has 0 spiro atoms. The second kappa shape index (κ2) is 5.43. The molecule has 1 aromatic rings. The van der Waals surface area contributed by atoms with Crippen molar-refractivity contribution in [3.8, 4) is 0 Å². The first-order valence-corrected chi connectivity index (χ1v) is 5.37. The van der Waals surface area contributed by atoms with E-state index in [1.165, 1.54) is 6.08 Å². The van der Waals surface area contributed by atoms with Gasteiger partial charge in [-0.3, -0.25) is 4.79 Å². The van der Waals surface area contributed by atoms with E-state index < -0.39 is 5.60 Å². The average molecular weight is 232 g/mol. The van der Waals surface area contributed by atoms with Gasteiger partial charge in [-0.25, -0.2) is 4.79 Å². The van der Waals surface area contributed by atoms with Crippen molar-refractivity contribution >= 4 is 18.3 Å². The van der Waals surface area contributed by atoms with E-state index in [1.807, 2.05) is 26.8 Å². The van der Waals surface area contributed by atoms with Crippen molar-refractivity contribution < 1.29 is 14.3 Å². The van der Waals surface area contributed by atoms with Gasteiger partial charge in [0.1, 0.15) is 11.9 Å². The fraction of sp³-hybridized carbons (Fsp3) is 0.286. The third-order valence-corrected chi connectivity index (χ3v) is 1.89. The molecule has 3 heteroatoms. The highest BCUT2D eigenvalue weighted by Crippen LogP contribution is 2.13.